The molecule has 43 heavy (non-hydrogen) atoms. The molecule has 0 saturated carbocycles. The summed E-state index contributed by atoms with van der Waals surface area (Å²) in [4.78, 5) is 57.6. The fraction of sp³-hybridized carbons (Fsp3) is 0.250. The average Bonchev–Trinajstić information content (AvgIpc) is 3.26. The minimum Gasteiger partial charge on any atom is -0.480 e. The quantitative estimate of drug-likeness (QED) is 0.266. The highest BCUT2D eigenvalue weighted by molar-refractivity contribution is 7.14. The molecule has 0 saturated heterocycles. The maximum absolute atomic E-state index is 12.6. The summed E-state index contributed by atoms with van der Waals surface area (Å²) in [6.45, 7) is 5.56. The van der Waals surface area contributed by atoms with Crippen LogP contribution < -0.4 is 16.4 Å². The molecule has 0 unspecified atom stereocenters. The zero-order valence-electron chi connectivity index (χ0n) is 23.3. The Morgan fingerprint density at radius 2 is 1.56 bits per heavy atom. The van der Waals surface area contributed by atoms with Crippen LogP contribution in [0.3, 0.4) is 0 Å². The fourth-order valence-electron chi connectivity index (χ4n) is 3.26. The second kappa shape index (κ2) is 16.6. The van der Waals surface area contributed by atoms with Gasteiger partial charge in [0.2, 0.25) is 0 Å². The second-order valence-corrected chi connectivity index (χ2v) is 9.62. The Morgan fingerprint density at radius 1 is 0.977 bits per heavy atom. The van der Waals surface area contributed by atoms with E-state index >= 15 is 0 Å². The Morgan fingerprint density at radius 3 is 2.02 bits per heavy atom. The highest BCUT2D eigenvalue weighted by Gasteiger charge is 2.38. The van der Waals surface area contributed by atoms with E-state index in [1.807, 2.05) is 19.1 Å². The number of aliphatic carboxylic acids is 2. The van der Waals surface area contributed by atoms with Gasteiger partial charge in [-0.1, -0.05) is 30.3 Å². The van der Waals surface area contributed by atoms with E-state index in [9.17, 15) is 32.3 Å². The van der Waals surface area contributed by atoms with E-state index in [1.165, 1.54) is 16.2 Å². The lowest BCUT2D eigenvalue weighted by molar-refractivity contribution is -0.192. The predicted octanol–water partition coefficient (Wildman–Crippen LogP) is 4.15. The van der Waals surface area contributed by atoms with E-state index in [-0.39, 0.29) is 17.4 Å². The average molecular weight is 626 g/mol. The fourth-order valence-corrected chi connectivity index (χ4v) is 4.26. The lowest BCUT2D eigenvalue weighted by Gasteiger charge is -2.21. The number of carbonyl (C=O) groups excluding carboxylic acids is 3. The van der Waals surface area contributed by atoms with Crippen molar-refractivity contribution in [3.05, 3.63) is 86.6 Å². The van der Waals surface area contributed by atoms with Crippen molar-refractivity contribution in [1.82, 2.24) is 0 Å². The van der Waals surface area contributed by atoms with E-state index in [0.717, 1.165) is 16.0 Å². The number of primary amides is 1. The summed E-state index contributed by atoms with van der Waals surface area (Å²) in [5.41, 5.74) is 13.6. The molecular weight excluding hydrogens is 595 g/mol. The summed E-state index contributed by atoms with van der Waals surface area (Å²) >= 11 is 1.23. The molecule has 1 aromatic heterocycles. The van der Waals surface area contributed by atoms with Crippen LogP contribution in [0.2, 0.25) is 0 Å². The summed E-state index contributed by atoms with van der Waals surface area (Å²) in [7, 11) is 0. The lowest BCUT2D eigenvalue weighted by atomic mass is 10.1. The van der Waals surface area contributed by atoms with Crippen LogP contribution in [-0.4, -0.2) is 59.3 Å². The van der Waals surface area contributed by atoms with Crippen LogP contribution in [0, 0.1) is 13.8 Å². The molecule has 3 aromatic rings. The number of alkyl halides is 3. The van der Waals surface area contributed by atoms with Crippen molar-refractivity contribution in [2.45, 2.75) is 33.5 Å². The molecule has 0 bridgehead atoms. The van der Waals surface area contributed by atoms with Gasteiger partial charge in [-0.2, -0.15) is 13.2 Å². The van der Waals surface area contributed by atoms with Crippen LogP contribution in [0.4, 0.5) is 18.9 Å². The Labute approximate surface area is 248 Å². The Balaban J connectivity index is 0.000000366. The summed E-state index contributed by atoms with van der Waals surface area (Å²) in [5.74, 6) is -5.25. The van der Waals surface area contributed by atoms with Gasteiger partial charge in [0.1, 0.15) is 11.4 Å². The Hall–Kier alpha value is -4.76. The molecule has 0 spiro atoms. The monoisotopic (exact) mass is 625 g/mol. The van der Waals surface area contributed by atoms with Gasteiger partial charge in [0.05, 0.1) is 12.2 Å². The number of aryl methyl sites for hydroxylation is 1. The van der Waals surface area contributed by atoms with Gasteiger partial charge in [-0.3, -0.25) is 19.3 Å². The molecule has 232 valence electrons. The number of halogens is 3. The Kier molecular flexibility index (Phi) is 14.0. The predicted molar refractivity (Wildman–Crippen MR) is 152 cm³/mol. The van der Waals surface area contributed by atoms with Gasteiger partial charge >= 0.3 is 24.1 Å². The number of carbonyl (C=O) groups is 5. The van der Waals surface area contributed by atoms with Crippen LogP contribution in [-0.2, 0) is 20.9 Å². The molecule has 6 N–H and O–H groups in total. The topological polar surface area (TPSA) is 190 Å². The number of rotatable bonds is 8. The molecule has 15 heteroatoms. The zero-order chi connectivity index (χ0) is 32.9. The van der Waals surface area contributed by atoms with E-state index in [4.69, 9.17) is 31.2 Å². The summed E-state index contributed by atoms with van der Waals surface area (Å²) in [5, 5.41) is 16.2. The normalized spacial score (nSPS) is 10.3. The van der Waals surface area contributed by atoms with Crippen LogP contribution in [0.25, 0.3) is 0 Å². The number of benzene rings is 2. The number of amides is 2. The number of anilines is 1. The van der Waals surface area contributed by atoms with E-state index in [2.05, 4.69) is 0 Å². The summed E-state index contributed by atoms with van der Waals surface area (Å²) < 4.78 is 36.6. The third-order valence-corrected chi connectivity index (χ3v) is 6.57. The second-order valence-electron chi connectivity index (χ2n) is 8.40. The number of nitrogens with two attached hydrogens (primary N) is 2. The standard InChI is InChI=1S/C16H16N2O3.C10H13NO3S.C2HF3O2/c17-10-12-5-4-6-13(9-12)16(21)18(11-15(19)20)14-7-2-1-3-8-14;1-4-14-10(13)7-5(2)6(3)15-8(7)9(11)12;3-2(4,5)1(6)7/h1-9H,10-11,17H2,(H,19,20);4H2,1-3H3,(H2,11,12);(H,6,7). The highest BCUT2D eigenvalue weighted by Crippen LogP contribution is 2.27. The van der Waals surface area contributed by atoms with Gasteiger partial charge in [-0.05, 0) is 56.2 Å². The molecule has 0 aliphatic heterocycles. The molecule has 11 nitrogen and oxygen atoms in total. The first kappa shape index (κ1) is 36.3. The number of esters is 1. The zero-order valence-corrected chi connectivity index (χ0v) is 24.1. The summed E-state index contributed by atoms with van der Waals surface area (Å²) in [6, 6.07) is 15.6. The number of hydrogen-bond acceptors (Lipinski definition) is 8. The van der Waals surface area contributed by atoms with E-state index < -0.39 is 36.5 Å². The first-order chi connectivity index (χ1) is 20.0. The number of thiophene rings is 1. The lowest BCUT2D eigenvalue weighted by Crippen LogP contribution is -2.35. The first-order valence-electron chi connectivity index (χ1n) is 12.3. The molecule has 0 fully saturated rings. The van der Waals surface area contributed by atoms with Crippen molar-refractivity contribution in [2.75, 3.05) is 18.1 Å². The highest BCUT2D eigenvalue weighted by atomic mass is 32.1. The molecular formula is C28H30F3N3O8S. The largest absolute Gasteiger partial charge is 0.490 e. The summed E-state index contributed by atoms with van der Waals surface area (Å²) in [6.07, 6.45) is -5.08. The van der Waals surface area contributed by atoms with Gasteiger partial charge in [-0.25, -0.2) is 9.59 Å². The third-order valence-electron chi connectivity index (χ3n) is 5.35. The van der Waals surface area contributed by atoms with Crippen LogP contribution in [0.1, 0.15) is 53.3 Å². The molecule has 3 rings (SSSR count). The third kappa shape index (κ3) is 11.2. The van der Waals surface area contributed by atoms with E-state index in [1.54, 1.807) is 56.3 Å². The molecule has 0 radical (unpaired) electrons. The van der Waals surface area contributed by atoms with E-state index in [0.29, 0.717) is 23.4 Å². The molecule has 0 atom stereocenters. The SMILES string of the molecule is CCOC(=O)c1c(C(N)=O)sc(C)c1C.NCc1cccc(C(=O)N(CC(=O)O)c2ccccc2)c1.O=C(O)C(F)(F)F. The maximum Gasteiger partial charge on any atom is 0.490 e. The number of para-hydroxylation sites is 1. The first-order valence-corrected chi connectivity index (χ1v) is 13.1. The number of carboxylic acid groups (broad SMARTS) is 2. The minimum atomic E-state index is -5.08. The van der Waals surface area contributed by atoms with Gasteiger partial charge in [-0.15, -0.1) is 11.3 Å². The van der Waals surface area contributed by atoms with Gasteiger partial charge < -0.3 is 26.4 Å². The van der Waals surface area contributed by atoms with Crippen molar-refractivity contribution < 1.29 is 52.1 Å². The molecule has 0 aliphatic rings. The van der Waals surface area contributed by atoms with Crippen LogP contribution >= 0.6 is 11.3 Å². The van der Waals surface area contributed by atoms with Gasteiger partial charge in [0.25, 0.3) is 11.8 Å². The molecule has 2 amide bonds. The van der Waals surface area contributed by atoms with Crippen molar-refractivity contribution in [3.8, 4) is 0 Å². The molecule has 0 aliphatic carbocycles. The van der Waals surface area contributed by atoms with Crippen molar-refractivity contribution in [1.29, 1.82) is 0 Å². The number of hydrogen-bond donors (Lipinski definition) is 4. The number of ether oxygens (including phenoxy) is 1. The number of nitrogens with zero attached hydrogens (tertiary/aromatic N) is 1. The van der Waals surface area contributed by atoms with Crippen molar-refractivity contribution in [3.63, 3.8) is 0 Å². The van der Waals surface area contributed by atoms with Crippen LogP contribution in [0.15, 0.2) is 54.6 Å². The molecule has 2 aromatic carbocycles. The van der Waals surface area contributed by atoms with Crippen molar-refractivity contribution in [2.24, 2.45) is 11.5 Å². The van der Waals surface area contributed by atoms with Crippen LogP contribution in [0.5, 0.6) is 0 Å². The van der Waals surface area contributed by atoms with Gasteiger partial charge in [0, 0.05) is 22.7 Å². The molecule has 1 heterocycles. The Bertz CT molecular complexity index is 1440. The smallest absolute Gasteiger partial charge is 0.480 e. The minimum absolute atomic E-state index is 0.281. The maximum atomic E-state index is 12.6. The number of carboxylic acids is 2. The van der Waals surface area contributed by atoms with Crippen molar-refractivity contribution >= 4 is 46.7 Å². The van der Waals surface area contributed by atoms with Gasteiger partial charge in [0.15, 0.2) is 0 Å².